The molecule has 110 valence electrons. The molecule has 1 aliphatic rings. The number of carboxylic acids is 1. The van der Waals surface area contributed by atoms with Crippen LogP contribution in [0.4, 0.5) is 0 Å². The molecule has 20 heavy (non-hydrogen) atoms. The number of thioether (sulfide) groups is 1. The van der Waals surface area contributed by atoms with Crippen molar-refractivity contribution in [1.29, 1.82) is 0 Å². The number of aliphatic carboxylic acids is 1. The van der Waals surface area contributed by atoms with Crippen LogP contribution in [0.2, 0.25) is 0 Å². The first-order valence-corrected chi connectivity index (χ1v) is 7.68. The van der Waals surface area contributed by atoms with E-state index in [-0.39, 0.29) is 6.10 Å². The summed E-state index contributed by atoms with van der Waals surface area (Å²) in [6.07, 6.45) is 1.99. The average molecular weight is 297 g/mol. The normalized spacial score (nSPS) is 17.5. The minimum absolute atomic E-state index is 0.0901. The van der Waals surface area contributed by atoms with Gasteiger partial charge in [-0.2, -0.15) is 11.8 Å². The van der Waals surface area contributed by atoms with Gasteiger partial charge >= 0.3 is 5.97 Å². The number of benzene rings is 1. The Morgan fingerprint density at radius 1 is 1.45 bits per heavy atom. The first kappa shape index (κ1) is 15.0. The molecule has 0 aromatic heterocycles. The van der Waals surface area contributed by atoms with Gasteiger partial charge in [-0.15, -0.1) is 0 Å². The van der Waals surface area contributed by atoms with Crippen LogP contribution in [0.25, 0.3) is 0 Å². The van der Waals surface area contributed by atoms with Crippen molar-refractivity contribution in [1.82, 2.24) is 0 Å². The average Bonchev–Trinajstić information content (AvgIpc) is 2.47. The molecule has 0 amide bonds. The summed E-state index contributed by atoms with van der Waals surface area (Å²) in [4.78, 5) is 11.1. The predicted octanol–water partition coefficient (Wildman–Crippen LogP) is 2.05. The Kier molecular flexibility index (Phi) is 5.14. The molecule has 0 aliphatic carbocycles. The molecule has 1 unspecified atom stereocenters. The summed E-state index contributed by atoms with van der Waals surface area (Å²) in [6.45, 7) is 0. The molecule has 1 saturated heterocycles. The molecular weight excluding hydrogens is 278 g/mol. The Bertz CT molecular complexity index is 474. The molecule has 1 fully saturated rings. The lowest BCUT2D eigenvalue weighted by molar-refractivity contribution is -0.138. The maximum absolute atomic E-state index is 11.1. The van der Waals surface area contributed by atoms with E-state index in [0.29, 0.717) is 17.1 Å². The van der Waals surface area contributed by atoms with Gasteiger partial charge in [0.25, 0.3) is 0 Å². The van der Waals surface area contributed by atoms with Crippen molar-refractivity contribution in [3.05, 3.63) is 23.8 Å². The highest BCUT2D eigenvalue weighted by Gasteiger charge is 2.24. The third-order valence-corrected chi connectivity index (χ3v) is 4.33. The monoisotopic (exact) mass is 297 g/mol. The zero-order valence-electron chi connectivity index (χ0n) is 11.4. The van der Waals surface area contributed by atoms with Crippen LogP contribution in [0.15, 0.2) is 18.2 Å². The second-order valence-electron chi connectivity index (χ2n) is 4.62. The van der Waals surface area contributed by atoms with Crippen LogP contribution < -0.4 is 15.2 Å². The first-order chi connectivity index (χ1) is 9.63. The molecule has 0 bridgehead atoms. The maximum atomic E-state index is 11.1. The molecule has 1 atom stereocenters. The van der Waals surface area contributed by atoms with Crippen molar-refractivity contribution in [2.24, 2.45) is 5.73 Å². The number of rotatable bonds is 5. The van der Waals surface area contributed by atoms with E-state index in [1.54, 1.807) is 18.2 Å². The van der Waals surface area contributed by atoms with Gasteiger partial charge < -0.3 is 20.3 Å². The number of carbonyl (C=O) groups is 1. The summed E-state index contributed by atoms with van der Waals surface area (Å²) in [5.41, 5.74) is 6.18. The van der Waals surface area contributed by atoms with Crippen LogP contribution in [0, 0.1) is 0 Å². The van der Waals surface area contributed by atoms with Crippen LogP contribution >= 0.6 is 11.8 Å². The third kappa shape index (κ3) is 3.37. The molecule has 0 spiro atoms. The maximum Gasteiger partial charge on any atom is 0.325 e. The number of carboxylic acid groups (broad SMARTS) is 1. The predicted molar refractivity (Wildman–Crippen MR) is 78.5 cm³/mol. The number of nitrogens with two attached hydrogens (primary N) is 1. The standard InChI is InChI=1S/C14H19NO4S/c1-18-11-4-2-3-10(12(15)14(16)17)13(11)19-9-5-7-20-8-6-9/h2-4,9,12H,5-8,15H2,1H3,(H,16,17). The van der Waals surface area contributed by atoms with Crippen LogP contribution in [-0.2, 0) is 4.79 Å². The topological polar surface area (TPSA) is 81.8 Å². The summed E-state index contributed by atoms with van der Waals surface area (Å²) >= 11 is 1.90. The molecule has 3 N–H and O–H groups in total. The summed E-state index contributed by atoms with van der Waals surface area (Å²) < 4.78 is 11.3. The Hall–Kier alpha value is -1.40. The molecule has 0 saturated carbocycles. The van der Waals surface area contributed by atoms with Crippen molar-refractivity contribution in [3.8, 4) is 11.5 Å². The van der Waals surface area contributed by atoms with Crippen molar-refractivity contribution in [2.45, 2.75) is 25.0 Å². The van der Waals surface area contributed by atoms with Gasteiger partial charge in [-0.05, 0) is 30.4 Å². The zero-order chi connectivity index (χ0) is 14.5. The van der Waals surface area contributed by atoms with E-state index in [0.717, 1.165) is 24.3 Å². The van der Waals surface area contributed by atoms with Crippen LogP contribution in [0.5, 0.6) is 11.5 Å². The Morgan fingerprint density at radius 2 is 2.15 bits per heavy atom. The molecule has 1 heterocycles. The summed E-state index contributed by atoms with van der Waals surface area (Å²) in [6, 6.07) is 4.04. The summed E-state index contributed by atoms with van der Waals surface area (Å²) in [5, 5.41) is 9.10. The van der Waals surface area contributed by atoms with Gasteiger partial charge in [0.05, 0.1) is 7.11 Å². The number of hydrogen-bond acceptors (Lipinski definition) is 5. The molecular formula is C14H19NO4S. The van der Waals surface area contributed by atoms with Crippen molar-refractivity contribution >= 4 is 17.7 Å². The lowest BCUT2D eigenvalue weighted by atomic mass is 10.1. The van der Waals surface area contributed by atoms with E-state index in [4.69, 9.17) is 20.3 Å². The van der Waals surface area contributed by atoms with Gasteiger partial charge in [-0.25, -0.2) is 0 Å². The van der Waals surface area contributed by atoms with Gasteiger partial charge in [0.1, 0.15) is 12.1 Å². The van der Waals surface area contributed by atoms with E-state index in [9.17, 15) is 4.79 Å². The van der Waals surface area contributed by atoms with E-state index in [1.807, 2.05) is 11.8 Å². The van der Waals surface area contributed by atoms with E-state index < -0.39 is 12.0 Å². The van der Waals surface area contributed by atoms with E-state index in [1.165, 1.54) is 7.11 Å². The number of ether oxygens (including phenoxy) is 2. The molecule has 0 radical (unpaired) electrons. The summed E-state index contributed by atoms with van der Waals surface area (Å²) in [7, 11) is 1.54. The quantitative estimate of drug-likeness (QED) is 0.865. The molecule has 2 rings (SSSR count). The third-order valence-electron chi connectivity index (χ3n) is 3.28. The smallest absolute Gasteiger partial charge is 0.325 e. The fraction of sp³-hybridized carbons (Fsp3) is 0.500. The lowest BCUT2D eigenvalue weighted by Crippen LogP contribution is -2.26. The second-order valence-corrected chi connectivity index (χ2v) is 5.85. The fourth-order valence-electron chi connectivity index (χ4n) is 2.16. The minimum Gasteiger partial charge on any atom is -0.493 e. The Balaban J connectivity index is 2.29. The van der Waals surface area contributed by atoms with E-state index >= 15 is 0 Å². The number of hydrogen-bond donors (Lipinski definition) is 2. The molecule has 5 nitrogen and oxygen atoms in total. The van der Waals surface area contributed by atoms with Crippen LogP contribution in [-0.4, -0.2) is 35.8 Å². The SMILES string of the molecule is COc1cccc(C(N)C(=O)O)c1OC1CCSCC1. The lowest BCUT2D eigenvalue weighted by Gasteiger charge is -2.26. The molecule has 1 aliphatic heterocycles. The molecule has 1 aromatic rings. The van der Waals surface area contributed by atoms with Gasteiger partial charge in [-0.3, -0.25) is 4.79 Å². The molecule has 1 aromatic carbocycles. The van der Waals surface area contributed by atoms with Gasteiger partial charge in [0, 0.05) is 5.56 Å². The largest absolute Gasteiger partial charge is 0.493 e. The van der Waals surface area contributed by atoms with Crippen molar-refractivity contribution in [3.63, 3.8) is 0 Å². The van der Waals surface area contributed by atoms with Gasteiger partial charge in [-0.1, -0.05) is 12.1 Å². The fourth-order valence-corrected chi connectivity index (χ4v) is 3.22. The minimum atomic E-state index is -1.11. The highest BCUT2D eigenvalue weighted by atomic mass is 32.2. The Labute approximate surface area is 122 Å². The molecule has 6 heteroatoms. The first-order valence-electron chi connectivity index (χ1n) is 6.53. The van der Waals surface area contributed by atoms with Crippen LogP contribution in [0.1, 0.15) is 24.4 Å². The van der Waals surface area contributed by atoms with E-state index in [2.05, 4.69) is 0 Å². The Morgan fingerprint density at radius 3 is 2.75 bits per heavy atom. The van der Waals surface area contributed by atoms with Crippen LogP contribution in [0.3, 0.4) is 0 Å². The highest BCUT2D eigenvalue weighted by molar-refractivity contribution is 7.99. The van der Waals surface area contributed by atoms with Gasteiger partial charge in [0.15, 0.2) is 11.5 Å². The number of para-hydroxylation sites is 1. The number of methoxy groups -OCH3 is 1. The second kappa shape index (κ2) is 6.85. The van der Waals surface area contributed by atoms with Gasteiger partial charge in [0.2, 0.25) is 0 Å². The van der Waals surface area contributed by atoms with Crippen molar-refractivity contribution in [2.75, 3.05) is 18.6 Å². The van der Waals surface area contributed by atoms with Crippen molar-refractivity contribution < 1.29 is 19.4 Å². The zero-order valence-corrected chi connectivity index (χ0v) is 12.2. The summed E-state index contributed by atoms with van der Waals surface area (Å²) in [5.74, 6) is 2.02. The highest BCUT2D eigenvalue weighted by Crippen LogP contribution is 2.36.